The molecule has 6 nitrogen and oxygen atoms in total. The highest BCUT2D eigenvalue weighted by Gasteiger charge is 2.26. The quantitative estimate of drug-likeness (QED) is 0.649. The fraction of sp³-hybridized carbons (Fsp3) is 0.750. The van der Waals surface area contributed by atoms with Gasteiger partial charge in [-0.25, -0.2) is 0 Å². The number of likely N-dealkylation sites (N-methyl/N-ethyl adjacent to an activating group) is 1. The number of carbonyl (C=O) groups is 2. The van der Waals surface area contributed by atoms with Crippen molar-refractivity contribution in [1.82, 2.24) is 20.0 Å². The van der Waals surface area contributed by atoms with E-state index in [4.69, 9.17) is 0 Å². The van der Waals surface area contributed by atoms with Crippen molar-refractivity contribution in [3.05, 3.63) is 12.7 Å². The smallest absolute Gasteiger partial charge is 0.237 e. The zero-order valence-electron chi connectivity index (χ0n) is 14.2. The summed E-state index contributed by atoms with van der Waals surface area (Å²) in [7, 11) is 0. The summed E-state index contributed by atoms with van der Waals surface area (Å²) in [6.07, 6.45) is 1.68. The molecule has 0 spiro atoms. The van der Waals surface area contributed by atoms with E-state index in [1.807, 2.05) is 25.7 Å². The van der Waals surface area contributed by atoms with Crippen LogP contribution in [0.15, 0.2) is 12.7 Å². The molecule has 1 N–H and O–H groups in total. The highest BCUT2D eigenvalue weighted by molar-refractivity contribution is 5.81. The first-order valence-corrected chi connectivity index (χ1v) is 8.16. The summed E-state index contributed by atoms with van der Waals surface area (Å²) in [5.41, 5.74) is 0. The van der Waals surface area contributed by atoms with Gasteiger partial charge in [0, 0.05) is 45.8 Å². The molecule has 0 bridgehead atoms. The Morgan fingerprint density at radius 2 is 1.82 bits per heavy atom. The molecule has 0 aromatic carbocycles. The Morgan fingerprint density at radius 1 is 1.23 bits per heavy atom. The molecule has 1 aliphatic rings. The Kier molecular flexibility index (Phi) is 8.12. The van der Waals surface area contributed by atoms with Crippen molar-refractivity contribution < 1.29 is 9.59 Å². The minimum absolute atomic E-state index is 0.0348. The largest absolute Gasteiger partial charge is 0.351 e. The monoisotopic (exact) mass is 310 g/mol. The van der Waals surface area contributed by atoms with Gasteiger partial charge < -0.3 is 10.2 Å². The van der Waals surface area contributed by atoms with Gasteiger partial charge in [-0.1, -0.05) is 6.08 Å². The Bertz CT molecular complexity index is 374. The van der Waals surface area contributed by atoms with E-state index in [2.05, 4.69) is 21.7 Å². The van der Waals surface area contributed by atoms with E-state index in [0.29, 0.717) is 13.1 Å². The van der Waals surface area contributed by atoms with Crippen LogP contribution in [0.25, 0.3) is 0 Å². The zero-order valence-corrected chi connectivity index (χ0v) is 14.2. The molecular weight excluding hydrogens is 280 g/mol. The number of hydrogen-bond donors (Lipinski definition) is 1. The number of rotatable bonds is 8. The van der Waals surface area contributed by atoms with E-state index in [1.54, 1.807) is 6.08 Å². The molecule has 1 atom stereocenters. The number of nitrogens with one attached hydrogen (secondary N) is 1. The lowest BCUT2D eigenvalue weighted by atomic mass is 10.2. The molecule has 1 fully saturated rings. The zero-order chi connectivity index (χ0) is 16.5. The van der Waals surface area contributed by atoms with Gasteiger partial charge in [-0.2, -0.15) is 0 Å². The van der Waals surface area contributed by atoms with Crippen LogP contribution in [-0.4, -0.2) is 84.9 Å². The summed E-state index contributed by atoms with van der Waals surface area (Å²) < 4.78 is 0. The van der Waals surface area contributed by atoms with Gasteiger partial charge in [-0.3, -0.25) is 19.4 Å². The number of piperazine rings is 1. The van der Waals surface area contributed by atoms with Gasteiger partial charge in [0.1, 0.15) is 0 Å². The van der Waals surface area contributed by atoms with Crippen molar-refractivity contribution >= 4 is 11.8 Å². The highest BCUT2D eigenvalue weighted by Crippen LogP contribution is 2.07. The Morgan fingerprint density at radius 3 is 2.32 bits per heavy atom. The van der Waals surface area contributed by atoms with Crippen LogP contribution in [0.3, 0.4) is 0 Å². The fourth-order valence-corrected chi connectivity index (χ4v) is 2.66. The molecule has 1 aliphatic heterocycles. The van der Waals surface area contributed by atoms with Crippen LogP contribution < -0.4 is 5.32 Å². The molecule has 1 saturated heterocycles. The Hall–Kier alpha value is -1.40. The van der Waals surface area contributed by atoms with Crippen molar-refractivity contribution in [2.45, 2.75) is 26.8 Å². The molecule has 0 aromatic heterocycles. The third kappa shape index (κ3) is 5.42. The number of nitrogens with zero attached hydrogens (tertiary/aromatic N) is 3. The molecule has 0 radical (unpaired) electrons. The third-order valence-corrected chi connectivity index (χ3v) is 4.23. The molecule has 1 rings (SSSR count). The molecule has 0 aliphatic carbocycles. The maximum Gasteiger partial charge on any atom is 0.237 e. The van der Waals surface area contributed by atoms with Crippen LogP contribution >= 0.6 is 0 Å². The van der Waals surface area contributed by atoms with Gasteiger partial charge in [-0.05, 0) is 20.8 Å². The lowest BCUT2D eigenvalue weighted by Crippen LogP contribution is -2.55. The van der Waals surface area contributed by atoms with E-state index in [0.717, 1.165) is 39.3 Å². The van der Waals surface area contributed by atoms with Crippen molar-refractivity contribution in [3.63, 3.8) is 0 Å². The summed E-state index contributed by atoms with van der Waals surface area (Å²) in [4.78, 5) is 30.3. The van der Waals surface area contributed by atoms with E-state index in [-0.39, 0.29) is 17.9 Å². The van der Waals surface area contributed by atoms with Crippen LogP contribution in [0.5, 0.6) is 0 Å². The van der Waals surface area contributed by atoms with Crippen molar-refractivity contribution in [3.8, 4) is 0 Å². The van der Waals surface area contributed by atoms with Crippen molar-refractivity contribution in [2.75, 3.05) is 52.4 Å². The molecule has 6 heteroatoms. The average Bonchev–Trinajstić information content (AvgIpc) is 2.53. The van der Waals surface area contributed by atoms with Gasteiger partial charge in [0.15, 0.2) is 0 Å². The van der Waals surface area contributed by atoms with Gasteiger partial charge >= 0.3 is 0 Å². The van der Waals surface area contributed by atoms with Crippen LogP contribution in [0.4, 0.5) is 0 Å². The predicted octanol–water partition coefficient (Wildman–Crippen LogP) is 0.163. The number of hydrogen-bond acceptors (Lipinski definition) is 4. The molecule has 126 valence electrons. The molecule has 1 unspecified atom stereocenters. The predicted molar refractivity (Wildman–Crippen MR) is 88.6 cm³/mol. The normalized spacial score (nSPS) is 17.8. The topological polar surface area (TPSA) is 55.9 Å². The minimum atomic E-state index is -0.138. The fourth-order valence-electron chi connectivity index (χ4n) is 2.66. The maximum absolute atomic E-state index is 12.1. The lowest BCUT2D eigenvalue weighted by Gasteiger charge is -2.37. The molecular formula is C16H30N4O2. The van der Waals surface area contributed by atoms with Crippen molar-refractivity contribution in [2.24, 2.45) is 0 Å². The molecule has 22 heavy (non-hydrogen) atoms. The third-order valence-electron chi connectivity index (χ3n) is 4.23. The first kappa shape index (κ1) is 18.6. The van der Waals surface area contributed by atoms with Crippen LogP contribution in [0.1, 0.15) is 20.8 Å². The van der Waals surface area contributed by atoms with Gasteiger partial charge in [0.2, 0.25) is 11.8 Å². The van der Waals surface area contributed by atoms with Crippen LogP contribution in [-0.2, 0) is 9.59 Å². The lowest BCUT2D eigenvalue weighted by molar-refractivity contribution is -0.133. The van der Waals surface area contributed by atoms with Crippen LogP contribution in [0, 0.1) is 0 Å². The van der Waals surface area contributed by atoms with Crippen LogP contribution in [0.2, 0.25) is 0 Å². The minimum Gasteiger partial charge on any atom is -0.351 e. The maximum atomic E-state index is 12.1. The summed E-state index contributed by atoms with van der Waals surface area (Å²) in [6, 6.07) is -0.138. The standard InChI is InChI=1S/C16H30N4O2/c1-5-8-17-16(22)14(4)20-11-9-18(10-12-20)13-15(21)19(6-2)7-3/h5,14H,1,6-13H2,2-4H3,(H,17,22). The van der Waals surface area contributed by atoms with E-state index in [1.165, 1.54) is 0 Å². The van der Waals surface area contributed by atoms with E-state index < -0.39 is 0 Å². The van der Waals surface area contributed by atoms with Gasteiger partial charge in [-0.15, -0.1) is 6.58 Å². The first-order chi connectivity index (χ1) is 10.5. The number of carbonyl (C=O) groups excluding carboxylic acids is 2. The van der Waals surface area contributed by atoms with Gasteiger partial charge in [0.25, 0.3) is 0 Å². The van der Waals surface area contributed by atoms with E-state index in [9.17, 15) is 9.59 Å². The second kappa shape index (κ2) is 9.58. The molecule has 0 saturated carbocycles. The summed E-state index contributed by atoms with van der Waals surface area (Å²) in [5.74, 6) is 0.225. The molecule has 2 amide bonds. The SMILES string of the molecule is C=CCNC(=O)C(C)N1CCN(CC(=O)N(CC)CC)CC1. The van der Waals surface area contributed by atoms with Crippen molar-refractivity contribution in [1.29, 1.82) is 0 Å². The van der Waals surface area contributed by atoms with Gasteiger partial charge in [0.05, 0.1) is 12.6 Å². The Balaban J connectivity index is 2.38. The second-order valence-corrected chi connectivity index (χ2v) is 5.59. The summed E-state index contributed by atoms with van der Waals surface area (Å²) in [5, 5.41) is 2.83. The summed E-state index contributed by atoms with van der Waals surface area (Å²) in [6.45, 7) is 15.3. The first-order valence-electron chi connectivity index (χ1n) is 8.16. The second-order valence-electron chi connectivity index (χ2n) is 5.59. The number of amides is 2. The molecule has 1 heterocycles. The Labute approximate surface area is 134 Å². The van der Waals surface area contributed by atoms with E-state index >= 15 is 0 Å². The average molecular weight is 310 g/mol. The highest BCUT2D eigenvalue weighted by atomic mass is 16.2. The summed E-state index contributed by atoms with van der Waals surface area (Å²) >= 11 is 0. The molecule has 0 aromatic rings.